The molecule has 618 valence electrons. The van der Waals surface area contributed by atoms with Gasteiger partial charge in [-0.15, -0.1) is 0 Å². The molecule has 104 heavy (non-hydrogen) atoms. The lowest BCUT2D eigenvalue weighted by Crippen LogP contribution is -2.30. The average molecular weight is 1520 g/mol. The minimum atomic E-state index is -4.96. The van der Waals surface area contributed by atoms with Crippen LogP contribution in [0.15, 0.2) is 0 Å². The number of phosphoric acid groups is 2. The summed E-state index contributed by atoms with van der Waals surface area (Å²) in [6, 6.07) is 0. The zero-order valence-corrected chi connectivity index (χ0v) is 69.8. The smallest absolute Gasteiger partial charge is 0.462 e. The SMILES string of the molecule is CCCCCCCCCCCCCCCCCCCCCCCCC(=O)O[C@H](COC(=O)CCCCCCCCCCCCCCCCC)COP(=O)(O)OC[C@@H](O)COP(=O)(O)OC[C@@H](COC(=O)CCCCCCCCCCCCCC)OC(=O)CCCCCCCCCCCCCCCCC. The predicted molar refractivity (Wildman–Crippen MR) is 428 cm³/mol. The fourth-order valence-corrected chi connectivity index (χ4v) is 14.9. The van der Waals surface area contributed by atoms with Crippen LogP contribution in [0.3, 0.4) is 0 Å². The van der Waals surface area contributed by atoms with Crippen molar-refractivity contribution in [3.63, 3.8) is 0 Å². The average Bonchev–Trinajstić information content (AvgIpc) is 0.929. The van der Waals surface area contributed by atoms with Gasteiger partial charge in [-0.05, 0) is 25.7 Å². The van der Waals surface area contributed by atoms with Crippen LogP contribution in [0, 0.1) is 0 Å². The van der Waals surface area contributed by atoms with Gasteiger partial charge in [-0.2, -0.15) is 0 Å². The predicted octanol–water partition coefficient (Wildman–Crippen LogP) is 26.1. The van der Waals surface area contributed by atoms with Gasteiger partial charge in [-0.3, -0.25) is 37.3 Å². The Balaban J connectivity index is 5.22. The van der Waals surface area contributed by atoms with E-state index < -0.39 is 97.5 Å². The highest BCUT2D eigenvalue weighted by Gasteiger charge is 2.30. The maximum atomic E-state index is 13.1. The van der Waals surface area contributed by atoms with Crippen LogP contribution in [-0.2, 0) is 65.4 Å². The van der Waals surface area contributed by atoms with Crippen LogP contribution in [-0.4, -0.2) is 96.7 Å². The van der Waals surface area contributed by atoms with Gasteiger partial charge in [0.2, 0.25) is 0 Å². The highest BCUT2D eigenvalue weighted by Crippen LogP contribution is 2.45. The third-order valence-corrected chi connectivity index (χ3v) is 22.0. The number of carbonyl (C=O) groups is 4. The zero-order valence-electron chi connectivity index (χ0n) is 68.0. The second-order valence-electron chi connectivity index (χ2n) is 30.6. The number of hydrogen-bond donors (Lipinski definition) is 3. The molecular weight excluding hydrogens is 1350 g/mol. The summed E-state index contributed by atoms with van der Waals surface area (Å²) in [5.41, 5.74) is 0. The summed E-state index contributed by atoms with van der Waals surface area (Å²) in [5.74, 6) is -2.10. The molecule has 0 bridgehead atoms. The van der Waals surface area contributed by atoms with Gasteiger partial charge in [0.1, 0.15) is 19.3 Å². The van der Waals surface area contributed by atoms with Crippen LogP contribution in [0.5, 0.6) is 0 Å². The van der Waals surface area contributed by atoms with Gasteiger partial charge in [-0.1, -0.05) is 413 Å². The summed E-state index contributed by atoms with van der Waals surface area (Å²) >= 11 is 0. The van der Waals surface area contributed by atoms with Crippen LogP contribution in [0.4, 0.5) is 0 Å². The number of hydrogen-bond acceptors (Lipinski definition) is 15. The highest BCUT2D eigenvalue weighted by molar-refractivity contribution is 7.47. The maximum absolute atomic E-state index is 13.1. The molecule has 0 heterocycles. The molecule has 0 saturated carbocycles. The van der Waals surface area contributed by atoms with Crippen LogP contribution >= 0.6 is 15.6 Å². The molecule has 0 aliphatic heterocycles. The molecule has 0 aromatic rings. The minimum absolute atomic E-state index is 0.109. The molecule has 0 aliphatic carbocycles. The fraction of sp³-hybridized carbons (Fsp3) is 0.953. The van der Waals surface area contributed by atoms with E-state index in [1.165, 1.54) is 295 Å². The molecule has 17 nitrogen and oxygen atoms in total. The molecule has 0 aromatic carbocycles. The van der Waals surface area contributed by atoms with E-state index >= 15 is 0 Å². The van der Waals surface area contributed by atoms with Crippen LogP contribution in [0.1, 0.15) is 464 Å². The Bertz CT molecular complexity index is 1960. The summed E-state index contributed by atoms with van der Waals surface area (Å²) in [6.45, 7) is 5.06. The number of unbranched alkanes of at least 4 members (excludes halogenated alkanes) is 60. The lowest BCUT2D eigenvalue weighted by atomic mass is 10.0. The van der Waals surface area contributed by atoms with Gasteiger partial charge in [0.05, 0.1) is 26.4 Å². The van der Waals surface area contributed by atoms with Crippen molar-refractivity contribution in [2.45, 2.75) is 483 Å². The van der Waals surface area contributed by atoms with Crippen LogP contribution in [0.2, 0.25) is 0 Å². The highest BCUT2D eigenvalue weighted by atomic mass is 31.2. The van der Waals surface area contributed by atoms with Crippen molar-refractivity contribution in [2.24, 2.45) is 0 Å². The quantitative estimate of drug-likeness (QED) is 0.0222. The molecular formula is C85H166O17P2. The largest absolute Gasteiger partial charge is 0.472 e. The Morgan fingerprint density at radius 2 is 0.385 bits per heavy atom. The van der Waals surface area contributed by atoms with E-state index in [9.17, 15) is 43.2 Å². The van der Waals surface area contributed by atoms with Gasteiger partial charge in [0.15, 0.2) is 12.2 Å². The van der Waals surface area contributed by atoms with Crippen molar-refractivity contribution in [3.05, 3.63) is 0 Å². The first-order valence-corrected chi connectivity index (χ1v) is 47.3. The number of carbonyl (C=O) groups excluding carboxylic acids is 4. The summed E-state index contributed by atoms with van der Waals surface area (Å²) in [4.78, 5) is 73.2. The van der Waals surface area contributed by atoms with E-state index in [4.69, 9.17) is 37.0 Å². The van der Waals surface area contributed by atoms with E-state index in [2.05, 4.69) is 27.7 Å². The van der Waals surface area contributed by atoms with Crippen LogP contribution in [0.25, 0.3) is 0 Å². The number of esters is 4. The van der Waals surface area contributed by atoms with Gasteiger partial charge < -0.3 is 33.8 Å². The van der Waals surface area contributed by atoms with E-state index in [0.29, 0.717) is 25.7 Å². The van der Waals surface area contributed by atoms with E-state index in [1.807, 2.05) is 0 Å². The number of phosphoric ester groups is 2. The molecule has 0 amide bonds. The van der Waals surface area contributed by atoms with E-state index in [1.54, 1.807) is 0 Å². The van der Waals surface area contributed by atoms with E-state index in [0.717, 1.165) is 89.9 Å². The lowest BCUT2D eigenvalue weighted by Gasteiger charge is -2.21. The number of rotatable bonds is 86. The first-order valence-electron chi connectivity index (χ1n) is 44.3. The molecule has 2 unspecified atom stereocenters. The standard InChI is InChI=1S/C85H166O17P2/c1-5-9-13-17-21-25-29-33-36-37-38-39-40-41-42-45-48-52-56-60-64-68-72-85(90)102-81(76-96-83(88)70-66-62-58-54-50-46-43-34-30-26-22-18-14-10-6-2)78-100-104(93,94)98-74-79(86)73-97-103(91,92)99-77-80(75-95-82(87)69-65-61-57-53-49-32-28-24-20-16-12-8-4)101-84(89)71-67-63-59-55-51-47-44-35-31-27-23-19-15-11-7-3/h79-81,86H,5-78H2,1-4H3,(H,91,92)(H,93,94)/t79-,80+,81+/m0/s1. The maximum Gasteiger partial charge on any atom is 0.472 e. The molecule has 0 aliphatic rings. The van der Waals surface area contributed by atoms with Gasteiger partial charge in [0.25, 0.3) is 0 Å². The lowest BCUT2D eigenvalue weighted by molar-refractivity contribution is -0.161. The van der Waals surface area contributed by atoms with E-state index in [-0.39, 0.29) is 25.7 Å². The number of ether oxygens (including phenoxy) is 4. The first-order chi connectivity index (χ1) is 50.7. The molecule has 0 rings (SSSR count). The van der Waals surface area contributed by atoms with Crippen molar-refractivity contribution in [1.29, 1.82) is 0 Å². The Morgan fingerprint density at radius 1 is 0.231 bits per heavy atom. The minimum Gasteiger partial charge on any atom is -0.462 e. The summed E-state index contributed by atoms with van der Waals surface area (Å²) in [5, 5.41) is 10.7. The summed E-state index contributed by atoms with van der Waals surface area (Å²) in [6.07, 6.45) is 73.5. The van der Waals surface area contributed by atoms with Gasteiger partial charge >= 0.3 is 39.5 Å². The second-order valence-corrected chi connectivity index (χ2v) is 33.5. The number of aliphatic hydroxyl groups is 1. The molecule has 0 radical (unpaired) electrons. The summed E-state index contributed by atoms with van der Waals surface area (Å²) < 4.78 is 68.9. The topological polar surface area (TPSA) is 237 Å². The Kier molecular flexibility index (Phi) is 77.7. The molecule has 5 atom stereocenters. The molecule has 19 heteroatoms. The molecule has 0 fully saturated rings. The zero-order chi connectivity index (χ0) is 76.0. The molecule has 0 saturated heterocycles. The van der Waals surface area contributed by atoms with Crippen molar-refractivity contribution < 1.29 is 80.2 Å². The molecule has 0 aromatic heterocycles. The third-order valence-electron chi connectivity index (χ3n) is 20.1. The normalized spacial score (nSPS) is 13.7. The Hall–Kier alpha value is -1.94. The second kappa shape index (κ2) is 79.2. The first kappa shape index (κ1) is 102. The number of aliphatic hydroxyl groups excluding tert-OH is 1. The summed E-state index contributed by atoms with van der Waals surface area (Å²) in [7, 11) is -9.92. The Labute approximate surface area is 638 Å². The molecule has 3 N–H and O–H groups in total. The monoisotopic (exact) mass is 1520 g/mol. The van der Waals surface area contributed by atoms with Crippen molar-refractivity contribution in [3.8, 4) is 0 Å². The Morgan fingerprint density at radius 3 is 0.567 bits per heavy atom. The molecule has 0 spiro atoms. The van der Waals surface area contributed by atoms with Gasteiger partial charge in [0, 0.05) is 25.7 Å². The van der Waals surface area contributed by atoms with Crippen LogP contribution < -0.4 is 0 Å². The van der Waals surface area contributed by atoms with Crippen molar-refractivity contribution in [2.75, 3.05) is 39.6 Å². The van der Waals surface area contributed by atoms with Crippen molar-refractivity contribution >= 4 is 39.5 Å². The third kappa shape index (κ3) is 78.2. The van der Waals surface area contributed by atoms with Crippen molar-refractivity contribution in [1.82, 2.24) is 0 Å². The van der Waals surface area contributed by atoms with Gasteiger partial charge in [-0.25, -0.2) is 9.13 Å². The fourth-order valence-electron chi connectivity index (χ4n) is 13.3.